The SMILES string of the molecule is O=C(c1ccc(-n2nnc3cccnc32)cc1F)N(c1nccc2sc(-c3cn[nH]c3)cc12)[C@@H]1CCCNC1. The van der Waals surface area contributed by atoms with E-state index in [0.29, 0.717) is 29.2 Å². The van der Waals surface area contributed by atoms with E-state index in [-0.39, 0.29) is 11.6 Å². The second-order valence-electron chi connectivity index (χ2n) is 9.33. The lowest BCUT2D eigenvalue weighted by Gasteiger charge is -2.34. The van der Waals surface area contributed by atoms with Crippen LogP contribution < -0.4 is 10.2 Å². The third-order valence-corrected chi connectivity index (χ3v) is 8.08. The average Bonchev–Trinajstić information content (AvgIpc) is 3.73. The molecule has 5 aromatic heterocycles. The van der Waals surface area contributed by atoms with E-state index in [4.69, 9.17) is 0 Å². The van der Waals surface area contributed by atoms with Crippen molar-refractivity contribution in [3.8, 4) is 16.1 Å². The highest BCUT2D eigenvalue weighted by Crippen LogP contribution is 2.38. The molecular formula is C27H22FN9OS. The Hall–Kier alpha value is -4.55. The van der Waals surface area contributed by atoms with Crippen molar-refractivity contribution in [3.05, 3.63) is 78.6 Å². The number of anilines is 1. The molecular weight excluding hydrogens is 517 g/mol. The number of aromatic nitrogens is 7. The monoisotopic (exact) mass is 539 g/mol. The molecule has 6 heterocycles. The first-order valence-electron chi connectivity index (χ1n) is 12.6. The summed E-state index contributed by atoms with van der Waals surface area (Å²) in [5.74, 6) is -0.569. The molecule has 0 radical (unpaired) electrons. The van der Waals surface area contributed by atoms with Crippen LogP contribution in [0.1, 0.15) is 23.2 Å². The van der Waals surface area contributed by atoms with Crippen LogP contribution in [0.25, 0.3) is 37.4 Å². The van der Waals surface area contributed by atoms with Crippen molar-refractivity contribution < 1.29 is 9.18 Å². The third-order valence-electron chi connectivity index (χ3n) is 6.93. The van der Waals surface area contributed by atoms with Crippen molar-refractivity contribution in [3.63, 3.8) is 0 Å². The van der Waals surface area contributed by atoms with E-state index in [9.17, 15) is 4.79 Å². The maximum atomic E-state index is 15.7. The lowest BCUT2D eigenvalue weighted by atomic mass is 10.0. The molecule has 0 saturated carbocycles. The second-order valence-corrected chi connectivity index (χ2v) is 10.4. The van der Waals surface area contributed by atoms with E-state index < -0.39 is 11.7 Å². The Balaban J connectivity index is 1.31. The minimum Gasteiger partial charge on any atom is -0.315 e. The smallest absolute Gasteiger partial charge is 0.262 e. The van der Waals surface area contributed by atoms with Gasteiger partial charge in [0.1, 0.15) is 17.2 Å². The Morgan fingerprint density at radius 1 is 1.15 bits per heavy atom. The lowest BCUT2D eigenvalue weighted by molar-refractivity contribution is 0.0968. The molecule has 12 heteroatoms. The summed E-state index contributed by atoms with van der Waals surface area (Å²) < 4.78 is 18.1. The minimum atomic E-state index is -0.651. The third kappa shape index (κ3) is 4.14. The summed E-state index contributed by atoms with van der Waals surface area (Å²) in [4.78, 5) is 25.7. The van der Waals surface area contributed by atoms with Crippen LogP contribution in [0, 0.1) is 5.82 Å². The number of carbonyl (C=O) groups is 1. The number of aromatic amines is 1. The summed E-state index contributed by atoms with van der Waals surface area (Å²) in [5, 5.41) is 19.3. The van der Waals surface area contributed by atoms with Crippen molar-refractivity contribution >= 4 is 44.3 Å². The van der Waals surface area contributed by atoms with E-state index in [1.54, 1.807) is 53.0 Å². The van der Waals surface area contributed by atoms with Gasteiger partial charge in [-0.15, -0.1) is 16.4 Å². The van der Waals surface area contributed by atoms with Gasteiger partial charge in [-0.2, -0.15) is 9.78 Å². The number of nitrogens with zero attached hydrogens (tertiary/aromatic N) is 7. The minimum absolute atomic E-state index is 0.0363. The van der Waals surface area contributed by atoms with Crippen LogP contribution in [-0.4, -0.2) is 60.2 Å². The molecule has 2 N–H and O–H groups in total. The maximum Gasteiger partial charge on any atom is 0.262 e. The van der Waals surface area contributed by atoms with Crippen molar-refractivity contribution in [1.29, 1.82) is 0 Å². The summed E-state index contributed by atoms with van der Waals surface area (Å²) >= 11 is 1.60. The van der Waals surface area contributed by atoms with Gasteiger partial charge in [0.05, 0.1) is 23.5 Å². The molecule has 194 valence electrons. The van der Waals surface area contributed by atoms with Crippen LogP contribution in [0.3, 0.4) is 0 Å². The molecule has 0 spiro atoms. The number of H-pyrrole nitrogens is 1. The van der Waals surface area contributed by atoms with Crippen LogP contribution in [0.5, 0.6) is 0 Å². The first-order valence-corrected chi connectivity index (χ1v) is 13.4. The van der Waals surface area contributed by atoms with Gasteiger partial charge in [0.2, 0.25) is 0 Å². The van der Waals surface area contributed by atoms with Gasteiger partial charge in [-0.3, -0.25) is 14.8 Å². The first-order chi connectivity index (χ1) is 19.2. The zero-order chi connectivity index (χ0) is 26.3. The molecule has 0 unspecified atom stereocenters. The summed E-state index contributed by atoms with van der Waals surface area (Å²) in [6, 6.07) is 11.8. The molecule has 1 saturated heterocycles. The highest BCUT2D eigenvalue weighted by molar-refractivity contribution is 7.22. The fraction of sp³-hybridized carbons (Fsp3) is 0.185. The van der Waals surface area contributed by atoms with Crippen LogP contribution in [0.15, 0.2) is 67.3 Å². The van der Waals surface area contributed by atoms with Gasteiger partial charge >= 0.3 is 0 Å². The largest absolute Gasteiger partial charge is 0.315 e. The van der Waals surface area contributed by atoms with Gasteiger partial charge in [-0.05, 0) is 55.8 Å². The highest BCUT2D eigenvalue weighted by atomic mass is 32.1. The summed E-state index contributed by atoms with van der Waals surface area (Å²) in [7, 11) is 0. The number of rotatable bonds is 5. The number of benzene rings is 1. The molecule has 7 rings (SSSR count). The first kappa shape index (κ1) is 23.6. The Kier molecular flexibility index (Phi) is 5.82. The van der Waals surface area contributed by atoms with E-state index in [1.807, 2.05) is 18.3 Å². The van der Waals surface area contributed by atoms with Crippen LogP contribution in [0.4, 0.5) is 10.2 Å². The molecule has 0 aliphatic carbocycles. The van der Waals surface area contributed by atoms with Gasteiger partial charge in [-0.25, -0.2) is 14.4 Å². The number of piperidine rings is 1. The highest BCUT2D eigenvalue weighted by Gasteiger charge is 2.32. The molecule has 6 aromatic rings. The van der Waals surface area contributed by atoms with Crippen LogP contribution in [-0.2, 0) is 0 Å². The van der Waals surface area contributed by atoms with E-state index in [0.717, 1.165) is 39.9 Å². The molecule has 39 heavy (non-hydrogen) atoms. The van der Waals surface area contributed by atoms with Gasteiger partial charge in [0.25, 0.3) is 5.91 Å². The number of pyridine rings is 2. The van der Waals surface area contributed by atoms with Crippen molar-refractivity contribution in [2.75, 3.05) is 18.0 Å². The van der Waals surface area contributed by atoms with Gasteiger partial charge in [0, 0.05) is 51.7 Å². The van der Waals surface area contributed by atoms with Gasteiger partial charge < -0.3 is 5.32 Å². The molecule has 1 aliphatic heterocycles. The number of nitrogens with one attached hydrogen (secondary N) is 2. The number of amides is 1. The maximum absolute atomic E-state index is 15.7. The Morgan fingerprint density at radius 3 is 2.92 bits per heavy atom. The summed E-state index contributed by atoms with van der Waals surface area (Å²) in [6.07, 6.45) is 8.61. The number of thiophene rings is 1. The number of hydrogen-bond donors (Lipinski definition) is 2. The second kappa shape index (κ2) is 9.64. The lowest BCUT2D eigenvalue weighted by Crippen LogP contribution is -2.49. The fourth-order valence-corrected chi connectivity index (χ4v) is 6.07. The molecule has 1 aromatic carbocycles. The molecule has 1 fully saturated rings. The zero-order valence-corrected chi connectivity index (χ0v) is 21.4. The predicted molar refractivity (Wildman–Crippen MR) is 147 cm³/mol. The van der Waals surface area contributed by atoms with Crippen LogP contribution >= 0.6 is 11.3 Å². The predicted octanol–water partition coefficient (Wildman–Crippen LogP) is 4.35. The van der Waals surface area contributed by atoms with E-state index in [1.165, 1.54) is 16.8 Å². The topological polar surface area (TPSA) is 118 Å². The number of fused-ring (bicyclic) bond motifs is 2. The molecule has 1 aliphatic rings. The Bertz CT molecular complexity index is 1810. The zero-order valence-electron chi connectivity index (χ0n) is 20.6. The number of halogens is 1. The van der Waals surface area contributed by atoms with E-state index in [2.05, 4.69) is 35.8 Å². The molecule has 1 atom stereocenters. The van der Waals surface area contributed by atoms with Crippen molar-refractivity contribution in [2.24, 2.45) is 0 Å². The summed E-state index contributed by atoms with van der Waals surface area (Å²) in [5.41, 5.74) is 2.45. The fourth-order valence-electron chi connectivity index (χ4n) is 5.04. The number of hydrogen-bond acceptors (Lipinski definition) is 8. The standard InChI is InChI=1S/C27H22FN9OS/c28-21-11-17(37-26-22(34-35-37)4-2-9-30-26)5-6-19(21)27(38)36(18-3-1-8-29-15-18)25-20-12-24(16-13-32-33-14-16)39-23(20)7-10-31-25/h2,4-7,9-14,18,29H,1,3,8,15H2,(H,32,33)/t18-/m1/s1. The van der Waals surface area contributed by atoms with E-state index >= 15 is 4.39 Å². The Morgan fingerprint density at radius 2 is 2.10 bits per heavy atom. The quantitative estimate of drug-likeness (QED) is 0.334. The molecule has 0 bridgehead atoms. The van der Waals surface area contributed by atoms with Crippen molar-refractivity contribution in [2.45, 2.75) is 18.9 Å². The Labute approximate surface area is 225 Å². The number of carbonyl (C=O) groups excluding carboxylic acids is 1. The van der Waals surface area contributed by atoms with Crippen molar-refractivity contribution in [1.82, 2.24) is 40.5 Å². The van der Waals surface area contributed by atoms with Gasteiger partial charge in [-0.1, -0.05) is 5.21 Å². The normalized spacial score (nSPS) is 15.7. The summed E-state index contributed by atoms with van der Waals surface area (Å²) in [6.45, 7) is 1.47. The van der Waals surface area contributed by atoms with Crippen LogP contribution in [0.2, 0.25) is 0 Å². The molecule has 1 amide bonds. The molecule has 10 nitrogen and oxygen atoms in total. The van der Waals surface area contributed by atoms with Gasteiger partial charge in [0.15, 0.2) is 5.65 Å². The average molecular weight is 540 g/mol.